The van der Waals surface area contributed by atoms with E-state index in [-0.39, 0.29) is 24.4 Å². The fourth-order valence-corrected chi connectivity index (χ4v) is 3.80. The quantitative estimate of drug-likeness (QED) is 0.548. The molecule has 0 bridgehead atoms. The maximum Gasteiger partial charge on any atom is 0.335 e. The first-order valence-corrected chi connectivity index (χ1v) is 9.57. The minimum Gasteiger partial charge on any atom is -0.478 e. The van der Waals surface area contributed by atoms with Crippen molar-refractivity contribution < 1.29 is 14.7 Å². The summed E-state index contributed by atoms with van der Waals surface area (Å²) in [5, 5.41) is 12.5. The Morgan fingerprint density at radius 2 is 2.07 bits per heavy atom. The fraction of sp³-hybridized carbons (Fsp3) is 0.136. The first kappa shape index (κ1) is 19.5. The van der Waals surface area contributed by atoms with Gasteiger partial charge in [-0.05, 0) is 29.7 Å². The van der Waals surface area contributed by atoms with Gasteiger partial charge in [0.1, 0.15) is 5.01 Å². The Labute approximate surface area is 167 Å². The molecule has 0 fully saturated rings. The lowest BCUT2D eigenvalue weighted by molar-refractivity contribution is -0.132. The van der Waals surface area contributed by atoms with Crippen molar-refractivity contribution >= 4 is 45.6 Å². The van der Waals surface area contributed by atoms with E-state index in [1.165, 1.54) is 23.5 Å². The number of carbonyl (C=O) groups is 2. The second kappa shape index (κ2) is 8.63. The van der Waals surface area contributed by atoms with Gasteiger partial charge in [-0.3, -0.25) is 4.79 Å². The van der Waals surface area contributed by atoms with Crippen molar-refractivity contribution in [2.75, 3.05) is 6.54 Å². The first-order chi connectivity index (χ1) is 13.5. The number of carboxylic acids is 1. The van der Waals surface area contributed by atoms with Gasteiger partial charge in [-0.1, -0.05) is 49.6 Å². The van der Waals surface area contributed by atoms with Crippen LogP contribution in [0.4, 0.5) is 0 Å². The molecule has 1 heterocycles. The van der Waals surface area contributed by atoms with E-state index >= 15 is 0 Å². The predicted molar refractivity (Wildman–Crippen MR) is 114 cm³/mol. The fourth-order valence-electron chi connectivity index (χ4n) is 2.82. The molecule has 0 spiro atoms. The molecule has 142 valence electrons. The summed E-state index contributed by atoms with van der Waals surface area (Å²) in [6.07, 6.45) is 12.1. The Morgan fingerprint density at radius 1 is 1.29 bits per heavy atom. The molecule has 0 atom stereocenters. The van der Waals surface area contributed by atoms with Crippen LogP contribution in [0, 0.1) is 0 Å². The molecular formula is C22H20N2O3S. The molecule has 1 aromatic carbocycles. The molecular weight excluding hydrogens is 372 g/mol. The number of carboxylic acid groups (broad SMARTS) is 1. The van der Waals surface area contributed by atoms with Crippen molar-refractivity contribution in [2.45, 2.75) is 12.8 Å². The van der Waals surface area contributed by atoms with E-state index in [1.54, 1.807) is 0 Å². The average molecular weight is 392 g/mol. The number of aromatic nitrogens is 1. The molecule has 2 aromatic rings. The molecule has 0 radical (unpaired) electrons. The highest BCUT2D eigenvalue weighted by molar-refractivity contribution is 7.18. The molecule has 1 amide bonds. The number of benzene rings is 1. The largest absolute Gasteiger partial charge is 0.478 e. The van der Waals surface area contributed by atoms with Crippen LogP contribution in [0.5, 0.6) is 0 Å². The smallest absolute Gasteiger partial charge is 0.335 e. The number of amides is 1. The summed E-state index contributed by atoms with van der Waals surface area (Å²) in [6, 6.07) is 4.11. The summed E-state index contributed by atoms with van der Waals surface area (Å²) in [6.45, 7) is 7.38. The number of aliphatic carboxylic acids is 1. The van der Waals surface area contributed by atoms with Gasteiger partial charge in [0.25, 0.3) is 0 Å². The zero-order valence-electron chi connectivity index (χ0n) is 15.3. The lowest BCUT2D eigenvalue weighted by atomic mass is 10.1. The van der Waals surface area contributed by atoms with E-state index in [1.807, 2.05) is 6.07 Å². The van der Waals surface area contributed by atoms with E-state index in [0.29, 0.717) is 5.57 Å². The second-order valence-corrected chi connectivity index (χ2v) is 7.40. The van der Waals surface area contributed by atoms with Gasteiger partial charge in [-0.15, -0.1) is 11.3 Å². The molecule has 1 aliphatic rings. The SMILES string of the molecule is C=C/C(=C\C(=C)CNC(=O)Cc1nc2c3c(ccc2s1)C=CCC=C3)C(=O)O. The third-order valence-electron chi connectivity index (χ3n) is 4.18. The molecule has 1 aromatic heterocycles. The summed E-state index contributed by atoms with van der Waals surface area (Å²) >= 11 is 1.50. The van der Waals surface area contributed by atoms with Crippen LogP contribution in [0.2, 0.25) is 0 Å². The van der Waals surface area contributed by atoms with Crippen molar-refractivity contribution in [3.63, 3.8) is 0 Å². The van der Waals surface area contributed by atoms with E-state index in [2.05, 4.69) is 53.8 Å². The number of rotatable bonds is 7. The maximum atomic E-state index is 12.3. The summed E-state index contributed by atoms with van der Waals surface area (Å²) in [4.78, 5) is 27.9. The van der Waals surface area contributed by atoms with Crippen LogP contribution in [0.3, 0.4) is 0 Å². The Kier molecular flexibility index (Phi) is 6.01. The zero-order valence-corrected chi connectivity index (χ0v) is 16.1. The van der Waals surface area contributed by atoms with Gasteiger partial charge in [0.2, 0.25) is 5.91 Å². The van der Waals surface area contributed by atoms with Crippen molar-refractivity contribution in [2.24, 2.45) is 0 Å². The highest BCUT2D eigenvalue weighted by atomic mass is 32.1. The topological polar surface area (TPSA) is 79.3 Å². The van der Waals surface area contributed by atoms with Gasteiger partial charge in [-0.2, -0.15) is 0 Å². The number of fused-ring (bicyclic) bond motifs is 3. The molecule has 0 saturated carbocycles. The second-order valence-electron chi connectivity index (χ2n) is 6.28. The van der Waals surface area contributed by atoms with E-state index in [0.717, 1.165) is 32.8 Å². The normalized spacial score (nSPS) is 13.1. The number of allylic oxidation sites excluding steroid dienone is 2. The monoisotopic (exact) mass is 392 g/mol. The molecule has 6 heteroatoms. The van der Waals surface area contributed by atoms with Crippen molar-refractivity contribution in [1.82, 2.24) is 10.3 Å². The number of nitrogens with zero attached hydrogens (tertiary/aromatic N) is 1. The Morgan fingerprint density at radius 3 is 2.82 bits per heavy atom. The van der Waals surface area contributed by atoms with Crippen LogP contribution in [-0.2, 0) is 16.0 Å². The van der Waals surface area contributed by atoms with Crippen LogP contribution in [-0.4, -0.2) is 28.5 Å². The zero-order chi connectivity index (χ0) is 20.1. The minimum absolute atomic E-state index is 0.0354. The van der Waals surface area contributed by atoms with Crippen LogP contribution in [0.1, 0.15) is 22.6 Å². The molecule has 5 nitrogen and oxygen atoms in total. The first-order valence-electron chi connectivity index (χ1n) is 8.75. The molecule has 3 rings (SSSR count). The van der Waals surface area contributed by atoms with E-state index in [4.69, 9.17) is 5.11 Å². The predicted octanol–water partition coefficient (Wildman–Crippen LogP) is 4.14. The number of carbonyl (C=O) groups excluding carboxylic acids is 1. The van der Waals surface area contributed by atoms with Gasteiger partial charge in [0.15, 0.2) is 0 Å². The third kappa shape index (κ3) is 4.53. The van der Waals surface area contributed by atoms with Gasteiger partial charge >= 0.3 is 5.97 Å². The van der Waals surface area contributed by atoms with E-state index in [9.17, 15) is 9.59 Å². The lowest BCUT2D eigenvalue weighted by Gasteiger charge is -2.04. The summed E-state index contributed by atoms with van der Waals surface area (Å²) in [5.74, 6) is -1.27. The van der Waals surface area contributed by atoms with Crippen LogP contribution in [0.15, 0.2) is 60.7 Å². The molecule has 0 saturated heterocycles. The molecule has 28 heavy (non-hydrogen) atoms. The van der Waals surface area contributed by atoms with Crippen molar-refractivity contribution in [3.05, 3.63) is 76.9 Å². The number of nitrogens with one attached hydrogen (secondary N) is 1. The molecule has 2 N–H and O–H groups in total. The highest BCUT2D eigenvalue weighted by Crippen LogP contribution is 2.30. The Bertz CT molecular complexity index is 1060. The molecule has 0 unspecified atom stereocenters. The summed E-state index contributed by atoms with van der Waals surface area (Å²) in [5.41, 5.74) is 3.64. The standard InChI is InChI=1S/C22H20N2O3S/c1-3-15(22(26)27)11-14(2)13-23-19(25)12-20-24-21-17-8-6-4-5-7-16(17)9-10-18(21)28-20/h3,5-11H,1-2,4,12-13H2,(H,23,25)(H,26,27)/b15-11+. The van der Waals surface area contributed by atoms with Crippen LogP contribution in [0.25, 0.3) is 22.4 Å². The number of hydrogen-bond acceptors (Lipinski definition) is 4. The minimum atomic E-state index is -1.08. The number of thiazole rings is 1. The van der Waals surface area contributed by atoms with E-state index < -0.39 is 5.97 Å². The number of hydrogen-bond donors (Lipinski definition) is 2. The lowest BCUT2D eigenvalue weighted by Crippen LogP contribution is -2.26. The molecule has 1 aliphatic carbocycles. The summed E-state index contributed by atoms with van der Waals surface area (Å²) < 4.78 is 1.05. The van der Waals surface area contributed by atoms with Gasteiger partial charge < -0.3 is 10.4 Å². The van der Waals surface area contributed by atoms with Gasteiger partial charge in [0.05, 0.1) is 22.2 Å². The van der Waals surface area contributed by atoms with Crippen molar-refractivity contribution in [1.29, 1.82) is 0 Å². The van der Waals surface area contributed by atoms with Crippen LogP contribution < -0.4 is 5.32 Å². The van der Waals surface area contributed by atoms with Crippen LogP contribution >= 0.6 is 11.3 Å². The average Bonchev–Trinajstić information content (AvgIpc) is 2.91. The van der Waals surface area contributed by atoms with Gasteiger partial charge in [0, 0.05) is 12.1 Å². The molecule has 0 aliphatic heterocycles. The summed E-state index contributed by atoms with van der Waals surface area (Å²) in [7, 11) is 0. The highest BCUT2D eigenvalue weighted by Gasteiger charge is 2.13. The Hall–Kier alpha value is -3.25. The van der Waals surface area contributed by atoms with Crippen molar-refractivity contribution in [3.8, 4) is 0 Å². The third-order valence-corrected chi connectivity index (χ3v) is 5.20. The Balaban J connectivity index is 1.68. The maximum absolute atomic E-state index is 12.3. The van der Waals surface area contributed by atoms with Gasteiger partial charge in [-0.25, -0.2) is 9.78 Å².